The van der Waals surface area contributed by atoms with Crippen molar-refractivity contribution in [2.24, 2.45) is 0 Å². The van der Waals surface area contributed by atoms with Gasteiger partial charge in [-0.05, 0) is 36.4 Å². The van der Waals surface area contributed by atoms with E-state index in [1.54, 1.807) is 60.7 Å². The Hall–Kier alpha value is -3.40. The summed E-state index contributed by atoms with van der Waals surface area (Å²) in [6.45, 7) is 0. The minimum Gasteiger partial charge on any atom is -0.423 e. The molecule has 0 aliphatic carbocycles. The molecule has 0 saturated heterocycles. The molecule has 0 amide bonds. The molecule has 0 aliphatic rings. The standard InChI is InChI=1S/C20H15NO3/c21-18-9-5-4-8-17(18)20(23)24-16-12-10-15(11-13-16)19(22)14-6-2-1-3-7-14/h1-13H,21H2. The third kappa shape index (κ3) is 3.33. The Morgan fingerprint density at radius 3 is 1.96 bits per heavy atom. The number of carbonyl (C=O) groups excluding carboxylic acids is 2. The zero-order chi connectivity index (χ0) is 16.9. The van der Waals surface area contributed by atoms with E-state index in [-0.39, 0.29) is 5.78 Å². The van der Waals surface area contributed by atoms with Gasteiger partial charge in [0.2, 0.25) is 0 Å². The van der Waals surface area contributed by atoms with Crippen LogP contribution >= 0.6 is 0 Å². The number of anilines is 1. The first kappa shape index (κ1) is 15.5. The lowest BCUT2D eigenvalue weighted by Gasteiger charge is -2.07. The molecule has 4 nitrogen and oxygen atoms in total. The fraction of sp³-hybridized carbons (Fsp3) is 0. The summed E-state index contributed by atoms with van der Waals surface area (Å²) in [5.74, 6) is -0.260. The van der Waals surface area contributed by atoms with Crippen LogP contribution in [-0.2, 0) is 0 Å². The van der Waals surface area contributed by atoms with Crippen molar-refractivity contribution in [3.05, 3.63) is 95.6 Å². The van der Waals surface area contributed by atoms with Crippen molar-refractivity contribution in [2.75, 3.05) is 5.73 Å². The molecule has 0 fully saturated rings. The quantitative estimate of drug-likeness (QED) is 0.344. The Morgan fingerprint density at radius 1 is 0.708 bits per heavy atom. The number of ketones is 1. The summed E-state index contributed by atoms with van der Waals surface area (Å²) in [7, 11) is 0. The summed E-state index contributed by atoms with van der Waals surface area (Å²) in [5, 5.41) is 0. The zero-order valence-electron chi connectivity index (χ0n) is 12.8. The largest absolute Gasteiger partial charge is 0.423 e. The number of rotatable bonds is 4. The van der Waals surface area contributed by atoms with Crippen LogP contribution in [0, 0.1) is 0 Å². The molecule has 118 valence electrons. The minimum absolute atomic E-state index is 0.0826. The summed E-state index contributed by atoms with van der Waals surface area (Å²) < 4.78 is 5.29. The topological polar surface area (TPSA) is 69.4 Å². The first-order chi connectivity index (χ1) is 11.6. The number of nitrogens with two attached hydrogens (primary N) is 1. The number of ether oxygens (including phenoxy) is 1. The maximum Gasteiger partial charge on any atom is 0.345 e. The fourth-order valence-electron chi connectivity index (χ4n) is 2.28. The highest BCUT2D eigenvalue weighted by Crippen LogP contribution is 2.18. The fourth-order valence-corrected chi connectivity index (χ4v) is 2.28. The van der Waals surface area contributed by atoms with Crippen LogP contribution in [0.5, 0.6) is 5.75 Å². The van der Waals surface area contributed by atoms with Crippen LogP contribution in [0.2, 0.25) is 0 Å². The van der Waals surface area contributed by atoms with E-state index < -0.39 is 5.97 Å². The highest BCUT2D eigenvalue weighted by molar-refractivity contribution is 6.09. The predicted octanol–water partition coefficient (Wildman–Crippen LogP) is 3.72. The van der Waals surface area contributed by atoms with Crippen LogP contribution in [0.3, 0.4) is 0 Å². The molecule has 3 aromatic carbocycles. The first-order valence-electron chi connectivity index (χ1n) is 7.41. The zero-order valence-corrected chi connectivity index (χ0v) is 12.8. The molecule has 3 aromatic rings. The van der Waals surface area contributed by atoms with Gasteiger partial charge in [-0.15, -0.1) is 0 Å². The average Bonchev–Trinajstić information content (AvgIpc) is 2.63. The molecule has 0 atom stereocenters. The van der Waals surface area contributed by atoms with Crippen molar-refractivity contribution in [3.63, 3.8) is 0 Å². The van der Waals surface area contributed by atoms with E-state index in [0.29, 0.717) is 28.1 Å². The lowest BCUT2D eigenvalue weighted by molar-refractivity contribution is 0.0736. The summed E-state index contributed by atoms with van der Waals surface area (Å²) in [6.07, 6.45) is 0. The van der Waals surface area contributed by atoms with Crippen molar-refractivity contribution >= 4 is 17.4 Å². The van der Waals surface area contributed by atoms with Gasteiger partial charge in [0.1, 0.15) is 5.75 Å². The molecule has 0 bridgehead atoms. The summed E-state index contributed by atoms with van der Waals surface area (Å²) >= 11 is 0. The second kappa shape index (κ2) is 6.79. The molecule has 0 spiro atoms. The lowest BCUT2D eigenvalue weighted by atomic mass is 10.0. The van der Waals surface area contributed by atoms with Gasteiger partial charge in [0.25, 0.3) is 0 Å². The van der Waals surface area contributed by atoms with Crippen LogP contribution in [0.15, 0.2) is 78.9 Å². The Kier molecular flexibility index (Phi) is 4.38. The van der Waals surface area contributed by atoms with E-state index in [2.05, 4.69) is 0 Å². The summed E-state index contributed by atoms with van der Waals surface area (Å²) in [6, 6.07) is 22.1. The summed E-state index contributed by atoms with van der Waals surface area (Å²) in [4.78, 5) is 24.4. The van der Waals surface area contributed by atoms with Gasteiger partial charge in [-0.3, -0.25) is 4.79 Å². The molecule has 0 heterocycles. The molecular weight excluding hydrogens is 302 g/mol. The van der Waals surface area contributed by atoms with E-state index in [1.807, 2.05) is 18.2 Å². The molecule has 0 aliphatic heterocycles. The third-order valence-corrected chi connectivity index (χ3v) is 3.54. The Bertz CT molecular complexity index is 871. The molecule has 0 radical (unpaired) electrons. The highest BCUT2D eigenvalue weighted by atomic mass is 16.5. The van der Waals surface area contributed by atoms with Gasteiger partial charge < -0.3 is 10.5 Å². The third-order valence-electron chi connectivity index (χ3n) is 3.54. The SMILES string of the molecule is Nc1ccccc1C(=O)Oc1ccc(C(=O)c2ccccc2)cc1. The molecule has 0 saturated carbocycles. The average molecular weight is 317 g/mol. The number of para-hydroxylation sites is 1. The number of hydrogen-bond acceptors (Lipinski definition) is 4. The highest BCUT2D eigenvalue weighted by Gasteiger charge is 2.13. The van der Waals surface area contributed by atoms with Crippen LogP contribution in [-0.4, -0.2) is 11.8 Å². The maximum absolute atomic E-state index is 12.3. The number of hydrogen-bond donors (Lipinski definition) is 1. The van der Waals surface area contributed by atoms with Gasteiger partial charge in [-0.1, -0.05) is 42.5 Å². The van der Waals surface area contributed by atoms with Crippen molar-refractivity contribution < 1.29 is 14.3 Å². The molecule has 0 aromatic heterocycles. The van der Waals surface area contributed by atoms with E-state index in [9.17, 15) is 9.59 Å². The molecular formula is C20H15NO3. The van der Waals surface area contributed by atoms with E-state index >= 15 is 0 Å². The van der Waals surface area contributed by atoms with Crippen molar-refractivity contribution in [3.8, 4) is 5.75 Å². The molecule has 3 rings (SSSR count). The van der Waals surface area contributed by atoms with Gasteiger partial charge in [0.05, 0.1) is 5.56 Å². The van der Waals surface area contributed by atoms with Crippen LogP contribution < -0.4 is 10.5 Å². The van der Waals surface area contributed by atoms with Gasteiger partial charge in [0.15, 0.2) is 5.78 Å². The molecule has 0 unspecified atom stereocenters. The van der Waals surface area contributed by atoms with Crippen molar-refractivity contribution in [1.82, 2.24) is 0 Å². The van der Waals surface area contributed by atoms with Gasteiger partial charge >= 0.3 is 5.97 Å². The Morgan fingerprint density at radius 2 is 1.29 bits per heavy atom. The van der Waals surface area contributed by atoms with Gasteiger partial charge in [0, 0.05) is 16.8 Å². The second-order valence-corrected chi connectivity index (χ2v) is 5.20. The van der Waals surface area contributed by atoms with Gasteiger partial charge in [-0.2, -0.15) is 0 Å². The smallest absolute Gasteiger partial charge is 0.345 e. The number of carbonyl (C=O) groups is 2. The van der Waals surface area contributed by atoms with E-state index in [1.165, 1.54) is 0 Å². The normalized spacial score (nSPS) is 10.2. The molecule has 24 heavy (non-hydrogen) atoms. The lowest BCUT2D eigenvalue weighted by Crippen LogP contribution is -2.11. The monoisotopic (exact) mass is 317 g/mol. The molecule has 4 heteroatoms. The number of benzene rings is 3. The Labute approximate surface area is 139 Å². The number of esters is 1. The number of nitrogen functional groups attached to an aromatic ring is 1. The van der Waals surface area contributed by atoms with Crippen LogP contribution in [0.25, 0.3) is 0 Å². The van der Waals surface area contributed by atoms with E-state index in [0.717, 1.165) is 0 Å². The minimum atomic E-state index is -0.532. The van der Waals surface area contributed by atoms with Crippen LogP contribution in [0.1, 0.15) is 26.3 Å². The second-order valence-electron chi connectivity index (χ2n) is 5.20. The predicted molar refractivity (Wildman–Crippen MR) is 92.1 cm³/mol. The molecule has 2 N–H and O–H groups in total. The van der Waals surface area contributed by atoms with Crippen molar-refractivity contribution in [1.29, 1.82) is 0 Å². The van der Waals surface area contributed by atoms with Crippen LogP contribution in [0.4, 0.5) is 5.69 Å². The van der Waals surface area contributed by atoms with Crippen molar-refractivity contribution in [2.45, 2.75) is 0 Å². The van der Waals surface area contributed by atoms with E-state index in [4.69, 9.17) is 10.5 Å². The Balaban J connectivity index is 1.74. The first-order valence-corrected chi connectivity index (χ1v) is 7.41. The summed E-state index contributed by atoms with van der Waals surface area (Å²) in [5.41, 5.74) is 7.56. The van der Waals surface area contributed by atoms with Gasteiger partial charge in [-0.25, -0.2) is 4.79 Å². The maximum atomic E-state index is 12.3.